The van der Waals surface area contributed by atoms with E-state index in [9.17, 15) is 4.79 Å². The van der Waals surface area contributed by atoms with Crippen LogP contribution < -0.4 is 5.73 Å². The predicted molar refractivity (Wildman–Crippen MR) is 60.1 cm³/mol. The van der Waals surface area contributed by atoms with Crippen LogP contribution in [0.5, 0.6) is 0 Å². The summed E-state index contributed by atoms with van der Waals surface area (Å²) in [6.07, 6.45) is 5.03. The van der Waals surface area contributed by atoms with Crippen LogP contribution in [0.15, 0.2) is 0 Å². The van der Waals surface area contributed by atoms with E-state index in [1.807, 2.05) is 4.90 Å². The molecule has 0 aromatic heterocycles. The van der Waals surface area contributed by atoms with Crippen LogP contribution in [0.2, 0.25) is 0 Å². The Hall–Kier alpha value is -0.570. The molecular formula is C11H24N2O. The summed E-state index contributed by atoms with van der Waals surface area (Å²) in [7, 11) is 0. The van der Waals surface area contributed by atoms with Crippen LogP contribution in [0.1, 0.15) is 46.0 Å². The lowest BCUT2D eigenvalue weighted by atomic mass is 10.2. The van der Waals surface area contributed by atoms with Crippen LogP contribution >= 0.6 is 0 Å². The molecule has 0 aliphatic carbocycles. The van der Waals surface area contributed by atoms with E-state index in [-0.39, 0.29) is 5.91 Å². The number of unbranched alkanes of at least 4 members (excludes halogenated alkanes) is 2. The quantitative estimate of drug-likeness (QED) is 0.607. The molecule has 2 N–H and O–H groups in total. The molecule has 0 heterocycles. The van der Waals surface area contributed by atoms with Crippen molar-refractivity contribution in [2.45, 2.75) is 46.0 Å². The molecule has 0 radical (unpaired) electrons. The first-order chi connectivity index (χ1) is 6.76. The van der Waals surface area contributed by atoms with E-state index in [4.69, 9.17) is 5.73 Å². The highest BCUT2D eigenvalue weighted by Gasteiger charge is 2.10. The average molecular weight is 200 g/mol. The van der Waals surface area contributed by atoms with Crippen molar-refractivity contribution in [3.63, 3.8) is 0 Å². The summed E-state index contributed by atoms with van der Waals surface area (Å²) in [5, 5.41) is 0. The number of carbonyl (C=O) groups excluding carboxylic acids is 1. The van der Waals surface area contributed by atoms with Gasteiger partial charge in [0.15, 0.2) is 0 Å². The molecule has 0 saturated carbocycles. The second-order valence-corrected chi connectivity index (χ2v) is 3.63. The van der Waals surface area contributed by atoms with Gasteiger partial charge in [0.25, 0.3) is 0 Å². The average Bonchev–Trinajstić information content (AvgIpc) is 2.18. The smallest absolute Gasteiger partial charge is 0.222 e. The van der Waals surface area contributed by atoms with E-state index < -0.39 is 0 Å². The van der Waals surface area contributed by atoms with Crippen LogP contribution in [0.4, 0.5) is 0 Å². The first kappa shape index (κ1) is 13.4. The van der Waals surface area contributed by atoms with Crippen molar-refractivity contribution < 1.29 is 4.79 Å². The second-order valence-electron chi connectivity index (χ2n) is 3.63. The van der Waals surface area contributed by atoms with Gasteiger partial charge in [-0.1, -0.05) is 26.7 Å². The van der Waals surface area contributed by atoms with Crippen molar-refractivity contribution in [3.8, 4) is 0 Å². The van der Waals surface area contributed by atoms with Gasteiger partial charge < -0.3 is 10.6 Å². The molecule has 14 heavy (non-hydrogen) atoms. The Labute approximate surface area is 87.6 Å². The molecule has 84 valence electrons. The summed E-state index contributed by atoms with van der Waals surface area (Å²) in [5.41, 5.74) is 5.46. The lowest BCUT2D eigenvalue weighted by Crippen LogP contribution is -2.35. The second kappa shape index (κ2) is 9.00. The number of amides is 1. The van der Waals surface area contributed by atoms with Crippen LogP contribution in [0.3, 0.4) is 0 Å². The first-order valence-corrected chi connectivity index (χ1v) is 5.74. The minimum atomic E-state index is 0.269. The third-order valence-electron chi connectivity index (χ3n) is 2.24. The summed E-state index contributed by atoms with van der Waals surface area (Å²) in [4.78, 5) is 13.6. The van der Waals surface area contributed by atoms with Gasteiger partial charge in [0, 0.05) is 26.1 Å². The van der Waals surface area contributed by atoms with E-state index in [0.29, 0.717) is 19.5 Å². The van der Waals surface area contributed by atoms with Crippen molar-refractivity contribution in [1.29, 1.82) is 0 Å². The Morgan fingerprint density at radius 3 is 2.36 bits per heavy atom. The van der Waals surface area contributed by atoms with Crippen molar-refractivity contribution in [1.82, 2.24) is 4.90 Å². The van der Waals surface area contributed by atoms with Gasteiger partial charge in [0.05, 0.1) is 0 Å². The maximum Gasteiger partial charge on any atom is 0.222 e. The van der Waals surface area contributed by atoms with E-state index in [1.54, 1.807) is 0 Å². The molecule has 0 saturated heterocycles. The zero-order chi connectivity index (χ0) is 10.8. The van der Waals surface area contributed by atoms with Crippen LogP contribution in [-0.2, 0) is 4.79 Å². The van der Waals surface area contributed by atoms with Crippen molar-refractivity contribution in [2.75, 3.05) is 19.6 Å². The Balaban J connectivity index is 3.76. The van der Waals surface area contributed by atoms with E-state index >= 15 is 0 Å². The number of rotatable bonds is 8. The molecule has 0 unspecified atom stereocenters. The fourth-order valence-corrected chi connectivity index (χ4v) is 1.47. The molecule has 0 aliphatic rings. The molecule has 3 nitrogen and oxygen atoms in total. The zero-order valence-corrected chi connectivity index (χ0v) is 9.59. The van der Waals surface area contributed by atoms with E-state index in [0.717, 1.165) is 32.2 Å². The number of hydrogen-bond acceptors (Lipinski definition) is 2. The summed E-state index contributed by atoms with van der Waals surface area (Å²) in [6.45, 7) is 6.36. The summed E-state index contributed by atoms with van der Waals surface area (Å²) in [6, 6.07) is 0. The largest absolute Gasteiger partial charge is 0.341 e. The fourth-order valence-electron chi connectivity index (χ4n) is 1.47. The van der Waals surface area contributed by atoms with Gasteiger partial charge in [0.1, 0.15) is 0 Å². The van der Waals surface area contributed by atoms with Crippen molar-refractivity contribution in [3.05, 3.63) is 0 Å². The molecule has 3 heteroatoms. The normalized spacial score (nSPS) is 10.2. The molecule has 0 spiro atoms. The Bertz CT molecular complexity index is 142. The highest BCUT2D eigenvalue weighted by Crippen LogP contribution is 2.03. The lowest BCUT2D eigenvalue weighted by molar-refractivity contribution is -0.131. The van der Waals surface area contributed by atoms with Crippen molar-refractivity contribution in [2.24, 2.45) is 5.73 Å². The molecule has 0 bridgehead atoms. The van der Waals surface area contributed by atoms with E-state index in [1.165, 1.54) is 0 Å². The molecule has 0 atom stereocenters. The number of carbonyl (C=O) groups is 1. The predicted octanol–water partition coefficient (Wildman–Crippen LogP) is 1.76. The van der Waals surface area contributed by atoms with Crippen molar-refractivity contribution >= 4 is 5.91 Å². The lowest BCUT2D eigenvalue weighted by Gasteiger charge is -2.21. The highest BCUT2D eigenvalue weighted by molar-refractivity contribution is 5.76. The minimum Gasteiger partial charge on any atom is -0.341 e. The first-order valence-electron chi connectivity index (χ1n) is 5.74. The molecule has 0 aliphatic heterocycles. The fraction of sp³-hybridized carbons (Fsp3) is 0.909. The standard InChI is InChI=1S/C11H24N2O/c1-3-5-6-7-11(14)13(9-4-2)10-8-12/h3-10,12H2,1-2H3. The van der Waals surface area contributed by atoms with Gasteiger partial charge in [-0.15, -0.1) is 0 Å². The number of nitrogens with zero attached hydrogens (tertiary/aromatic N) is 1. The van der Waals surface area contributed by atoms with Gasteiger partial charge in [-0.05, 0) is 12.8 Å². The van der Waals surface area contributed by atoms with Crippen LogP contribution in [0, 0.1) is 0 Å². The Morgan fingerprint density at radius 1 is 1.14 bits per heavy atom. The molecule has 0 fully saturated rings. The van der Waals surface area contributed by atoms with Gasteiger partial charge in [-0.3, -0.25) is 4.79 Å². The monoisotopic (exact) mass is 200 g/mol. The summed E-state index contributed by atoms with van der Waals surface area (Å²) in [5.74, 6) is 0.269. The summed E-state index contributed by atoms with van der Waals surface area (Å²) >= 11 is 0. The third kappa shape index (κ3) is 5.97. The van der Waals surface area contributed by atoms with Crippen LogP contribution in [-0.4, -0.2) is 30.4 Å². The molecule has 1 amide bonds. The highest BCUT2D eigenvalue weighted by atomic mass is 16.2. The minimum absolute atomic E-state index is 0.269. The molecule has 0 rings (SSSR count). The Kier molecular flexibility index (Phi) is 8.64. The third-order valence-corrected chi connectivity index (χ3v) is 2.24. The van der Waals surface area contributed by atoms with E-state index in [2.05, 4.69) is 13.8 Å². The van der Waals surface area contributed by atoms with Gasteiger partial charge >= 0.3 is 0 Å². The topological polar surface area (TPSA) is 46.3 Å². The number of nitrogens with two attached hydrogens (primary N) is 1. The van der Waals surface area contributed by atoms with Gasteiger partial charge in [-0.2, -0.15) is 0 Å². The molecular weight excluding hydrogens is 176 g/mol. The number of hydrogen-bond donors (Lipinski definition) is 1. The maximum atomic E-state index is 11.7. The Morgan fingerprint density at radius 2 is 1.86 bits per heavy atom. The van der Waals surface area contributed by atoms with Gasteiger partial charge in [0.2, 0.25) is 5.91 Å². The SMILES string of the molecule is CCCCCC(=O)N(CCC)CCN. The van der Waals surface area contributed by atoms with Gasteiger partial charge in [-0.25, -0.2) is 0 Å². The summed E-state index contributed by atoms with van der Waals surface area (Å²) < 4.78 is 0. The maximum absolute atomic E-state index is 11.7. The molecule has 0 aromatic carbocycles. The molecule has 0 aromatic rings. The zero-order valence-electron chi connectivity index (χ0n) is 9.59. The van der Waals surface area contributed by atoms with Crippen LogP contribution in [0.25, 0.3) is 0 Å².